The number of rotatable bonds is 16. The summed E-state index contributed by atoms with van der Waals surface area (Å²) in [5, 5.41) is 41.8. The summed E-state index contributed by atoms with van der Waals surface area (Å²) in [5.41, 5.74) is 2.30. The minimum atomic E-state index is -1.55. The maximum absolute atomic E-state index is 13.7. The Morgan fingerprint density at radius 2 is 1.54 bits per heavy atom. The lowest BCUT2D eigenvalue weighted by molar-refractivity contribution is -0.351. The Bertz CT molecular complexity index is 2220. The average Bonchev–Trinajstić information content (AvgIpc) is 3.27. The zero-order valence-electron chi connectivity index (χ0n) is 46.6. The lowest BCUT2D eigenvalue weighted by atomic mass is 9.84. The fourth-order valence-corrected chi connectivity index (χ4v) is 16.4. The summed E-state index contributed by atoms with van der Waals surface area (Å²) in [4.78, 5) is 13.7. The molecule has 1 spiro atoms. The summed E-state index contributed by atoms with van der Waals surface area (Å²) in [5.74, 6) is -3.24. The Kier molecular flexibility index (Phi) is 15.9. The first-order chi connectivity index (χ1) is 37.9. The van der Waals surface area contributed by atoms with Gasteiger partial charge in [0.25, 0.3) is 0 Å². The number of ether oxygens (including phenoxy) is 15. The van der Waals surface area contributed by atoms with E-state index in [0.717, 1.165) is 37.7 Å². The second-order valence-corrected chi connectivity index (χ2v) is 26.2. The van der Waals surface area contributed by atoms with Gasteiger partial charge in [0.15, 0.2) is 17.9 Å². The molecule has 0 saturated carbocycles. The van der Waals surface area contributed by atoms with E-state index in [9.17, 15) is 25.2 Å². The van der Waals surface area contributed by atoms with Crippen LogP contribution in [0.3, 0.4) is 0 Å². The molecule has 4 N–H and O–H groups in total. The molecule has 79 heavy (non-hydrogen) atoms. The highest BCUT2D eigenvalue weighted by atomic mass is 16.8. The second-order valence-electron chi connectivity index (χ2n) is 26.2. The zero-order valence-corrected chi connectivity index (χ0v) is 46.6. The Morgan fingerprint density at radius 1 is 0.734 bits per heavy atom. The largest absolute Gasteiger partial charge is 0.460 e. The third-order valence-corrected chi connectivity index (χ3v) is 20.4. The van der Waals surface area contributed by atoms with Gasteiger partial charge in [-0.1, -0.05) is 33.9 Å². The number of carbonyl (C=O) groups excluding carboxylic acids is 1. The number of aliphatic hydroxyl groups is 4. The molecule has 20 nitrogen and oxygen atoms in total. The maximum atomic E-state index is 13.7. The van der Waals surface area contributed by atoms with Crippen molar-refractivity contribution in [1.29, 1.82) is 0 Å². The van der Waals surface area contributed by atoms with Crippen molar-refractivity contribution in [2.45, 2.75) is 314 Å². The molecular formula is C59H88O20. The summed E-state index contributed by atoms with van der Waals surface area (Å²) >= 11 is 0. The van der Waals surface area contributed by atoms with Crippen LogP contribution in [0.4, 0.5) is 0 Å². The number of esters is 1. The van der Waals surface area contributed by atoms with Gasteiger partial charge in [-0.3, -0.25) is 4.79 Å². The molecule has 14 aliphatic heterocycles. The summed E-state index contributed by atoms with van der Waals surface area (Å²) in [6, 6.07) is 0. The van der Waals surface area contributed by atoms with Crippen LogP contribution in [-0.4, -0.2) is 204 Å². The Balaban J connectivity index is 0.559. The fourth-order valence-electron chi connectivity index (χ4n) is 16.4. The van der Waals surface area contributed by atoms with Crippen LogP contribution in [0.15, 0.2) is 24.3 Å². The van der Waals surface area contributed by atoms with E-state index in [1.165, 1.54) is 5.57 Å². The van der Waals surface area contributed by atoms with Crippen molar-refractivity contribution in [3.63, 3.8) is 0 Å². The van der Waals surface area contributed by atoms with Crippen molar-refractivity contribution >= 4 is 5.97 Å². The molecule has 29 atom stereocenters. The van der Waals surface area contributed by atoms with Crippen molar-refractivity contribution in [3.8, 4) is 0 Å². The molecule has 0 aromatic rings. The minimum absolute atomic E-state index is 0.0378. The van der Waals surface area contributed by atoms with Crippen LogP contribution < -0.4 is 0 Å². The molecule has 444 valence electrons. The normalized spacial score (nSPS) is 52.4. The predicted molar refractivity (Wildman–Crippen MR) is 275 cm³/mol. The Hall–Kier alpha value is -1.77. The first-order valence-corrected chi connectivity index (χ1v) is 30.4. The van der Waals surface area contributed by atoms with Crippen LogP contribution in [0.1, 0.15) is 150 Å². The third kappa shape index (κ3) is 11.0. The van der Waals surface area contributed by atoms with Gasteiger partial charge in [0.1, 0.15) is 36.6 Å². The molecule has 14 fully saturated rings. The standard InChI is InChI=1S/C59H88O20/c1-7-39-31(5)28(2)16-34(66-39)8-10-40-29(3)17-36(67-40)12-14-58-27-59(64)56(79-58)55-54(78-59)53(77-58)52-42(73-55)11-9-35(69-52)20-49(63)68-37-19-45-44(65-26-37)22-46-47(70-45)23-50(72-46)71-41-13-15-57(75-32(41)6)24-30(4)51-48(76-57)21-43(74-51)38(62)18-33(61)25-60/h28,30,32-48,50-56,60-62,64H,3,5,7-27H2,1-2,4,6H3/t28-,30+,32+,33-,34+,35-,36+,37-,38+,39-,40+,41+,42+,43+,44+,45?,46-,47?,48+,50-,51+,52+,53+,54+,55-,56?,57-,58-,59?/m1/s1. The van der Waals surface area contributed by atoms with Crippen LogP contribution >= 0.6 is 0 Å². The number of carbonyl (C=O) groups is 1. The number of hydrogen-bond acceptors (Lipinski definition) is 20. The smallest absolute Gasteiger partial charge is 0.308 e. The van der Waals surface area contributed by atoms with E-state index < -0.39 is 91.3 Å². The fraction of sp³-hybridized carbons (Fsp3) is 0.915. The lowest BCUT2D eigenvalue weighted by Gasteiger charge is -2.50. The van der Waals surface area contributed by atoms with Crippen molar-refractivity contribution in [1.82, 2.24) is 0 Å². The molecule has 6 bridgehead atoms. The van der Waals surface area contributed by atoms with Gasteiger partial charge < -0.3 is 91.5 Å². The predicted octanol–water partition coefficient (Wildman–Crippen LogP) is 4.64. The van der Waals surface area contributed by atoms with Crippen LogP contribution in [-0.2, 0) is 75.8 Å². The van der Waals surface area contributed by atoms with Gasteiger partial charge >= 0.3 is 5.97 Å². The molecule has 14 aliphatic rings. The average molecular weight is 1120 g/mol. The molecule has 14 heterocycles. The van der Waals surface area contributed by atoms with Gasteiger partial charge in [0.05, 0.1) is 130 Å². The van der Waals surface area contributed by atoms with Crippen molar-refractivity contribution < 1.29 is 96.3 Å². The summed E-state index contributed by atoms with van der Waals surface area (Å²) in [6.45, 7) is 17.1. The topological polar surface area (TPSA) is 236 Å². The monoisotopic (exact) mass is 1120 g/mol. The van der Waals surface area contributed by atoms with E-state index in [-0.39, 0.29) is 117 Å². The summed E-state index contributed by atoms with van der Waals surface area (Å²) in [7, 11) is 0. The molecule has 14 rings (SSSR count). The SMILES string of the molecule is C=C1C[C@H](CC[C@@]23CC4(O)O[C@H]5[C@@H](O2)[C@H]2O[C@@H](CC(=O)O[C@H]6CO[C@H]7C[C@H]8O[C@@H](O[C@H]9CC[C@@]%10(C[C@H](C)[C@@H]%11O[C@H]([C@@H](O)C[C@@H](O)CO)C[C@@H]%11O%10)O[C@H]9C)CC8OC7C6)CC[C@@H]2O[C@H]5C4O3)O[C@H]1CC[C@H]1C[C@@H](C)C(=C)[C@@H](CC)O1. The van der Waals surface area contributed by atoms with E-state index in [1.807, 2.05) is 6.92 Å². The summed E-state index contributed by atoms with van der Waals surface area (Å²) < 4.78 is 98.1. The van der Waals surface area contributed by atoms with Gasteiger partial charge in [-0.2, -0.15) is 0 Å². The van der Waals surface area contributed by atoms with Gasteiger partial charge in [0.2, 0.25) is 5.79 Å². The number of fused-ring (bicyclic) bond motifs is 4. The highest BCUT2D eigenvalue weighted by Crippen LogP contribution is 2.58. The van der Waals surface area contributed by atoms with Gasteiger partial charge in [-0.25, -0.2) is 0 Å². The van der Waals surface area contributed by atoms with E-state index in [2.05, 4.69) is 33.9 Å². The van der Waals surface area contributed by atoms with Crippen LogP contribution in [0.25, 0.3) is 0 Å². The lowest BCUT2D eigenvalue weighted by Crippen LogP contribution is -2.62. The van der Waals surface area contributed by atoms with E-state index in [0.29, 0.717) is 76.5 Å². The van der Waals surface area contributed by atoms with E-state index in [4.69, 9.17) is 71.1 Å². The van der Waals surface area contributed by atoms with Crippen LogP contribution in [0, 0.1) is 11.8 Å². The molecule has 0 radical (unpaired) electrons. The third-order valence-electron chi connectivity index (χ3n) is 20.4. The van der Waals surface area contributed by atoms with Crippen molar-refractivity contribution in [2.75, 3.05) is 13.2 Å². The van der Waals surface area contributed by atoms with Gasteiger partial charge in [0, 0.05) is 51.4 Å². The molecule has 0 amide bonds. The Morgan fingerprint density at radius 3 is 2.37 bits per heavy atom. The van der Waals surface area contributed by atoms with Crippen molar-refractivity contribution in [3.05, 3.63) is 24.3 Å². The molecular weight excluding hydrogens is 1030 g/mol. The molecule has 4 unspecified atom stereocenters. The molecule has 14 saturated heterocycles. The summed E-state index contributed by atoms with van der Waals surface area (Å²) in [6.07, 6.45) is 2.73. The molecule has 0 aromatic carbocycles. The molecule has 0 aromatic heterocycles. The van der Waals surface area contributed by atoms with E-state index >= 15 is 0 Å². The van der Waals surface area contributed by atoms with Crippen LogP contribution in [0.2, 0.25) is 0 Å². The number of aliphatic hydroxyl groups excluding tert-OH is 3. The van der Waals surface area contributed by atoms with Gasteiger partial charge in [-0.05, 0) is 87.7 Å². The van der Waals surface area contributed by atoms with Crippen LogP contribution in [0.5, 0.6) is 0 Å². The Labute approximate surface area is 463 Å². The molecule has 0 aliphatic carbocycles. The second kappa shape index (κ2) is 22.3. The number of hydrogen-bond donors (Lipinski definition) is 4. The zero-order chi connectivity index (χ0) is 54.7. The highest BCUT2D eigenvalue weighted by molar-refractivity contribution is 5.70. The molecule has 20 heteroatoms. The van der Waals surface area contributed by atoms with Crippen molar-refractivity contribution in [2.24, 2.45) is 11.8 Å². The first kappa shape index (κ1) is 56.4. The highest BCUT2D eigenvalue weighted by Gasteiger charge is 2.74. The quantitative estimate of drug-likeness (QED) is 0.122. The maximum Gasteiger partial charge on any atom is 0.308 e. The van der Waals surface area contributed by atoms with Gasteiger partial charge in [-0.15, -0.1) is 0 Å². The van der Waals surface area contributed by atoms with E-state index in [1.54, 1.807) is 0 Å². The first-order valence-electron chi connectivity index (χ1n) is 30.4. The minimum Gasteiger partial charge on any atom is -0.460 e.